The number of carbonyl (C=O) groups is 2. The molecule has 5 heteroatoms. The summed E-state index contributed by atoms with van der Waals surface area (Å²) in [4.78, 5) is 21.9. The van der Waals surface area contributed by atoms with Crippen molar-refractivity contribution in [3.8, 4) is 6.07 Å². The molecule has 2 N–H and O–H groups in total. The van der Waals surface area contributed by atoms with Crippen LogP contribution in [0.5, 0.6) is 0 Å². The van der Waals surface area contributed by atoms with Gasteiger partial charge in [0.15, 0.2) is 0 Å². The van der Waals surface area contributed by atoms with Gasteiger partial charge in [0, 0.05) is 6.54 Å². The molecule has 0 aliphatic heterocycles. The predicted octanol–water partition coefficient (Wildman–Crippen LogP) is -0.0674. The Hall–Kier alpha value is -1.57. The monoisotopic (exact) mass is 197 g/mol. The zero-order chi connectivity index (χ0) is 10.8. The minimum absolute atomic E-state index is 0.138. The number of rotatable bonds is 5. The summed E-state index contributed by atoms with van der Waals surface area (Å²) in [5.41, 5.74) is 0. The van der Waals surface area contributed by atoms with Gasteiger partial charge < -0.3 is 10.6 Å². The molecule has 0 aromatic rings. The molecule has 0 aliphatic carbocycles. The zero-order valence-corrected chi connectivity index (χ0v) is 8.30. The van der Waals surface area contributed by atoms with Crippen LogP contribution in [0.25, 0.3) is 0 Å². The van der Waals surface area contributed by atoms with Crippen molar-refractivity contribution in [1.29, 1.82) is 5.26 Å². The van der Waals surface area contributed by atoms with Crippen LogP contribution in [0.3, 0.4) is 0 Å². The molecule has 0 aromatic carbocycles. The van der Waals surface area contributed by atoms with E-state index in [2.05, 4.69) is 17.6 Å². The molecule has 0 spiro atoms. The zero-order valence-electron chi connectivity index (χ0n) is 8.30. The van der Waals surface area contributed by atoms with Gasteiger partial charge in [-0.2, -0.15) is 5.26 Å². The van der Waals surface area contributed by atoms with Crippen LogP contribution in [0.1, 0.15) is 26.2 Å². The molecular formula is C9H15N3O2. The SMILES string of the molecule is CCCCCNC(=O)C(=O)NCC#N. The molecule has 0 heterocycles. The number of nitrogens with one attached hydrogen (secondary N) is 2. The Balaban J connectivity index is 3.53. The van der Waals surface area contributed by atoms with E-state index in [1.54, 1.807) is 6.07 Å². The average molecular weight is 197 g/mol. The second-order valence-corrected chi connectivity index (χ2v) is 2.80. The van der Waals surface area contributed by atoms with Crippen LogP contribution in [0.4, 0.5) is 0 Å². The summed E-state index contributed by atoms with van der Waals surface area (Å²) in [6.07, 6.45) is 2.96. The molecule has 14 heavy (non-hydrogen) atoms. The Labute approximate surface area is 83.5 Å². The molecular weight excluding hydrogens is 182 g/mol. The number of nitriles is 1. The second kappa shape index (κ2) is 8.05. The molecule has 0 saturated heterocycles. The van der Waals surface area contributed by atoms with Crippen LogP contribution in [0.2, 0.25) is 0 Å². The van der Waals surface area contributed by atoms with Crippen molar-refractivity contribution >= 4 is 11.8 Å². The molecule has 2 amide bonds. The number of amides is 2. The maximum absolute atomic E-state index is 11.0. The molecule has 0 atom stereocenters. The Bertz CT molecular complexity index is 233. The molecule has 0 saturated carbocycles. The van der Waals surface area contributed by atoms with Gasteiger partial charge in [-0.25, -0.2) is 0 Å². The maximum atomic E-state index is 11.0. The third-order valence-corrected chi connectivity index (χ3v) is 1.60. The largest absolute Gasteiger partial charge is 0.348 e. The highest BCUT2D eigenvalue weighted by Crippen LogP contribution is 1.90. The van der Waals surface area contributed by atoms with Crippen molar-refractivity contribution in [2.45, 2.75) is 26.2 Å². The number of carbonyl (C=O) groups excluding carboxylic acids is 2. The summed E-state index contributed by atoms with van der Waals surface area (Å²) in [6.45, 7) is 2.43. The first-order valence-electron chi connectivity index (χ1n) is 4.65. The normalized spacial score (nSPS) is 8.86. The highest BCUT2D eigenvalue weighted by Gasteiger charge is 2.10. The summed E-state index contributed by atoms with van der Waals surface area (Å²) in [6, 6.07) is 1.72. The van der Waals surface area contributed by atoms with E-state index in [0.29, 0.717) is 6.54 Å². The van der Waals surface area contributed by atoms with Crippen LogP contribution in [0, 0.1) is 11.3 Å². The van der Waals surface area contributed by atoms with Gasteiger partial charge in [-0.1, -0.05) is 19.8 Å². The predicted molar refractivity (Wildman–Crippen MR) is 51.2 cm³/mol. The average Bonchev–Trinajstić information content (AvgIpc) is 2.20. The van der Waals surface area contributed by atoms with Gasteiger partial charge in [0.1, 0.15) is 6.54 Å². The van der Waals surface area contributed by atoms with Crippen molar-refractivity contribution in [1.82, 2.24) is 10.6 Å². The summed E-state index contributed by atoms with van der Waals surface area (Å²) < 4.78 is 0. The van der Waals surface area contributed by atoms with Gasteiger partial charge in [-0.15, -0.1) is 0 Å². The number of hydrogen-bond acceptors (Lipinski definition) is 3. The molecule has 0 aromatic heterocycles. The fourth-order valence-corrected chi connectivity index (χ4v) is 0.857. The molecule has 0 aliphatic rings. The molecule has 0 unspecified atom stereocenters. The fourth-order valence-electron chi connectivity index (χ4n) is 0.857. The summed E-state index contributed by atoms with van der Waals surface area (Å²) in [5, 5.41) is 12.8. The van der Waals surface area contributed by atoms with Crippen LogP contribution in [0.15, 0.2) is 0 Å². The van der Waals surface area contributed by atoms with Crippen molar-refractivity contribution in [3.63, 3.8) is 0 Å². The van der Waals surface area contributed by atoms with E-state index in [1.165, 1.54) is 0 Å². The third-order valence-electron chi connectivity index (χ3n) is 1.60. The first kappa shape index (κ1) is 12.4. The van der Waals surface area contributed by atoms with Gasteiger partial charge >= 0.3 is 11.8 Å². The Kier molecular flexibility index (Phi) is 7.15. The van der Waals surface area contributed by atoms with Crippen LogP contribution >= 0.6 is 0 Å². The van der Waals surface area contributed by atoms with Crippen molar-refractivity contribution < 1.29 is 9.59 Å². The summed E-state index contributed by atoms with van der Waals surface area (Å²) in [7, 11) is 0. The number of unbranched alkanes of at least 4 members (excludes halogenated alkanes) is 2. The van der Waals surface area contributed by atoms with Gasteiger partial charge in [0.05, 0.1) is 6.07 Å². The molecule has 0 fully saturated rings. The molecule has 0 rings (SSSR count). The smallest absolute Gasteiger partial charge is 0.310 e. The van der Waals surface area contributed by atoms with E-state index >= 15 is 0 Å². The van der Waals surface area contributed by atoms with E-state index in [4.69, 9.17) is 5.26 Å². The standard InChI is InChI=1S/C9H15N3O2/c1-2-3-4-6-11-8(13)9(14)12-7-5-10/h2-4,6-7H2,1H3,(H,11,13)(H,12,14). The van der Waals surface area contributed by atoms with Crippen LogP contribution in [-0.2, 0) is 9.59 Å². The van der Waals surface area contributed by atoms with Crippen molar-refractivity contribution in [2.75, 3.05) is 13.1 Å². The Morgan fingerprint density at radius 3 is 2.43 bits per heavy atom. The number of nitrogens with zero attached hydrogens (tertiary/aromatic N) is 1. The molecule has 0 radical (unpaired) electrons. The number of hydrogen-bond donors (Lipinski definition) is 2. The van der Waals surface area contributed by atoms with Crippen molar-refractivity contribution in [2.24, 2.45) is 0 Å². The molecule has 78 valence electrons. The minimum Gasteiger partial charge on any atom is -0.348 e. The van der Waals surface area contributed by atoms with Gasteiger partial charge in [-0.05, 0) is 6.42 Å². The van der Waals surface area contributed by atoms with E-state index in [1.807, 2.05) is 0 Å². The summed E-state index contributed by atoms with van der Waals surface area (Å²) in [5.74, 6) is -1.42. The Morgan fingerprint density at radius 2 is 1.86 bits per heavy atom. The van der Waals surface area contributed by atoms with E-state index in [0.717, 1.165) is 19.3 Å². The van der Waals surface area contributed by atoms with Gasteiger partial charge in [-0.3, -0.25) is 9.59 Å². The van der Waals surface area contributed by atoms with E-state index in [9.17, 15) is 9.59 Å². The van der Waals surface area contributed by atoms with Crippen LogP contribution in [-0.4, -0.2) is 24.9 Å². The lowest BCUT2D eigenvalue weighted by Crippen LogP contribution is -2.40. The topological polar surface area (TPSA) is 82.0 Å². The van der Waals surface area contributed by atoms with Crippen LogP contribution < -0.4 is 10.6 Å². The third kappa shape index (κ3) is 6.00. The van der Waals surface area contributed by atoms with Crippen molar-refractivity contribution in [3.05, 3.63) is 0 Å². The second-order valence-electron chi connectivity index (χ2n) is 2.80. The van der Waals surface area contributed by atoms with Gasteiger partial charge in [0.25, 0.3) is 0 Å². The minimum atomic E-state index is -0.747. The lowest BCUT2D eigenvalue weighted by atomic mass is 10.2. The highest BCUT2D eigenvalue weighted by molar-refractivity contribution is 6.35. The molecule has 0 bridgehead atoms. The fraction of sp³-hybridized carbons (Fsp3) is 0.667. The first-order valence-corrected chi connectivity index (χ1v) is 4.65. The highest BCUT2D eigenvalue weighted by atomic mass is 16.2. The van der Waals surface area contributed by atoms with Gasteiger partial charge in [0.2, 0.25) is 0 Å². The molecule has 5 nitrogen and oxygen atoms in total. The van der Waals surface area contributed by atoms with E-state index < -0.39 is 11.8 Å². The Morgan fingerprint density at radius 1 is 1.21 bits per heavy atom. The quantitative estimate of drug-likeness (QED) is 0.368. The lowest BCUT2D eigenvalue weighted by molar-refractivity contribution is -0.139. The van der Waals surface area contributed by atoms with E-state index in [-0.39, 0.29) is 6.54 Å². The summed E-state index contributed by atoms with van der Waals surface area (Å²) >= 11 is 0. The first-order chi connectivity index (χ1) is 6.72. The lowest BCUT2D eigenvalue weighted by Gasteiger charge is -2.03. The maximum Gasteiger partial charge on any atom is 0.310 e.